The molecule has 1 rings (SSSR count). The number of anilines is 1. The van der Waals surface area contributed by atoms with Gasteiger partial charge in [-0.15, -0.1) is 0 Å². The van der Waals surface area contributed by atoms with Gasteiger partial charge in [0.2, 0.25) is 11.8 Å². The number of likely N-dealkylation sites (N-methyl/N-ethyl adjacent to an activating group) is 2. The number of carbonyl (C=O) groups excluding carboxylic acids is 2. The van der Waals surface area contributed by atoms with Gasteiger partial charge in [-0.1, -0.05) is 0 Å². The predicted octanol–water partition coefficient (Wildman–Crippen LogP) is 1.82. The molecule has 0 saturated heterocycles. The van der Waals surface area contributed by atoms with E-state index in [1.807, 2.05) is 32.9 Å². The molecule has 0 bridgehead atoms. The Bertz CT molecular complexity index is 498. The lowest BCUT2D eigenvalue weighted by Gasteiger charge is -2.22. The summed E-state index contributed by atoms with van der Waals surface area (Å²) in [5, 5.41) is 2.81. The molecule has 1 N–H and O–H groups in total. The largest absolute Gasteiger partial charge is 0.494 e. The molecule has 0 radical (unpaired) electrons. The second kappa shape index (κ2) is 9.84. The second-order valence-electron chi connectivity index (χ2n) is 5.24. The molecule has 2 amide bonds. The molecule has 0 aliphatic carbocycles. The van der Waals surface area contributed by atoms with Gasteiger partial charge >= 0.3 is 0 Å². The molecular weight excluding hydrogens is 294 g/mol. The van der Waals surface area contributed by atoms with Gasteiger partial charge < -0.3 is 15.0 Å². The fourth-order valence-electron chi connectivity index (χ4n) is 2.21. The van der Waals surface area contributed by atoms with Crippen LogP contribution in [0.2, 0.25) is 0 Å². The van der Waals surface area contributed by atoms with Gasteiger partial charge in [-0.2, -0.15) is 0 Å². The summed E-state index contributed by atoms with van der Waals surface area (Å²) in [5.74, 6) is 0.655. The second-order valence-corrected chi connectivity index (χ2v) is 5.24. The highest BCUT2D eigenvalue weighted by atomic mass is 16.5. The third-order valence-corrected chi connectivity index (χ3v) is 3.38. The van der Waals surface area contributed by atoms with Crippen LogP contribution in [0.1, 0.15) is 20.8 Å². The van der Waals surface area contributed by atoms with Gasteiger partial charge in [0.25, 0.3) is 0 Å². The van der Waals surface area contributed by atoms with E-state index >= 15 is 0 Å². The first-order valence-corrected chi connectivity index (χ1v) is 7.99. The molecule has 6 heteroatoms. The summed E-state index contributed by atoms with van der Waals surface area (Å²) in [5.41, 5.74) is 0.710. The standard InChI is InChI=1S/C17H27N3O3/c1-5-20(6-2)17(22)13-19(4)12-16(21)18-14-8-10-15(11-9-14)23-7-3/h8-11H,5-7,12-13H2,1-4H3,(H,18,21). The van der Waals surface area contributed by atoms with Crippen molar-refractivity contribution in [3.05, 3.63) is 24.3 Å². The molecule has 0 fully saturated rings. The van der Waals surface area contributed by atoms with E-state index in [2.05, 4.69) is 5.32 Å². The summed E-state index contributed by atoms with van der Waals surface area (Å²) in [4.78, 5) is 27.5. The number of nitrogens with zero attached hydrogens (tertiary/aromatic N) is 2. The Morgan fingerprint density at radius 2 is 1.65 bits per heavy atom. The van der Waals surface area contributed by atoms with Gasteiger partial charge in [-0.25, -0.2) is 0 Å². The van der Waals surface area contributed by atoms with Crippen molar-refractivity contribution in [2.45, 2.75) is 20.8 Å². The van der Waals surface area contributed by atoms with Crippen molar-refractivity contribution in [3.8, 4) is 5.75 Å². The van der Waals surface area contributed by atoms with E-state index < -0.39 is 0 Å². The Morgan fingerprint density at radius 3 is 2.17 bits per heavy atom. The number of rotatable bonds is 9. The van der Waals surface area contributed by atoms with E-state index in [9.17, 15) is 9.59 Å². The summed E-state index contributed by atoms with van der Waals surface area (Å²) in [6, 6.07) is 7.22. The highest BCUT2D eigenvalue weighted by Gasteiger charge is 2.14. The van der Waals surface area contributed by atoms with Crippen molar-refractivity contribution in [3.63, 3.8) is 0 Å². The molecule has 0 unspecified atom stereocenters. The Labute approximate surface area is 138 Å². The van der Waals surface area contributed by atoms with Crippen LogP contribution in [-0.2, 0) is 9.59 Å². The van der Waals surface area contributed by atoms with Gasteiger partial charge in [-0.05, 0) is 52.1 Å². The lowest BCUT2D eigenvalue weighted by atomic mass is 10.3. The Kier molecular flexibility index (Phi) is 8.11. The molecule has 1 aromatic carbocycles. The van der Waals surface area contributed by atoms with Crippen LogP contribution in [0.15, 0.2) is 24.3 Å². The molecule has 1 aromatic rings. The number of hydrogen-bond donors (Lipinski definition) is 1. The molecule has 0 spiro atoms. The van der Waals surface area contributed by atoms with Crippen molar-refractivity contribution < 1.29 is 14.3 Å². The van der Waals surface area contributed by atoms with Crippen LogP contribution in [0.3, 0.4) is 0 Å². The Hall–Kier alpha value is -2.08. The highest BCUT2D eigenvalue weighted by molar-refractivity contribution is 5.92. The van der Waals surface area contributed by atoms with E-state index in [4.69, 9.17) is 4.74 Å². The van der Waals surface area contributed by atoms with Crippen LogP contribution in [-0.4, -0.2) is 61.4 Å². The minimum atomic E-state index is -0.149. The van der Waals surface area contributed by atoms with E-state index in [0.29, 0.717) is 25.4 Å². The van der Waals surface area contributed by atoms with E-state index in [1.165, 1.54) is 0 Å². The third-order valence-electron chi connectivity index (χ3n) is 3.38. The summed E-state index contributed by atoms with van der Waals surface area (Å²) < 4.78 is 5.35. The molecule has 0 saturated carbocycles. The maximum absolute atomic E-state index is 12.0. The molecule has 0 aliphatic rings. The van der Waals surface area contributed by atoms with Gasteiger partial charge in [-0.3, -0.25) is 14.5 Å². The summed E-state index contributed by atoms with van der Waals surface area (Å²) in [7, 11) is 1.76. The van der Waals surface area contributed by atoms with Gasteiger partial charge in [0.05, 0.1) is 19.7 Å². The molecule has 0 aliphatic heterocycles. The minimum Gasteiger partial charge on any atom is -0.494 e. The third kappa shape index (κ3) is 6.69. The fourth-order valence-corrected chi connectivity index (χ4v) is 2.21. The Balaban J connectivity index is 2.44. The van der Waals surface area contributed by atoms with Crippen LogP contribution in [0, 0.1) is 0 Å². The first kappa shape index (κ1) is 19.0. The SMILES string of the molecule is CCOc1ccc(NC(=O)CN(C)CC(=O)N(CC)CC)cc1. The van der Waals surface area contributed by atoms with Crippen molar-refractivity contribution in [2.24, 2.45) is 0 Å². The van der Waals surface area contributed by atoms with Crippen molar-refractivity contribution >= 4 is 17.5 Å². The van der Waals surface area contributed by atoms with Crippen LogP contribution < -0.4 is 10.1 Å². The summed E-state index contributed by atoms with van der Waals surface area (Å²) in [6.07, 6.45) is 0. The summed E-state index contributed by atoms with van der Waals surface area (Å²) >= 11 is 0. The van der Waals surface area contributed by atoms with Gasteiger partial charge in [0.15, 0.2) is 0 Å². The van der Waals surface area contributed by atoms with Crippen LogP contribution in [0.5, 0.6) is 5.75 Å². The molecule has 6 nitrogen and oxygen atoms in total. The molecule has 128 valence electrons. The average molecular weight is 321 g/mol. The topological polar surface area (TPSA) is 61.9 Å². The van der Waals surface area contributed by atoms with Crippen LogP contribution >= 0.6 is 0 Å². The van der Waals surface area contributed by atoms with Gasteiger partial charge in [0.1, 0.15) is 5.75 Å². The monoisotopic (exact) mass is 321 g/mol. The van der Waals surface area contributed by atoms with Crippen molar-refractivity contribution in [2.75, 3.05) is 45.2 Å². The first-order chi connectivity index (χ1) is 11.0. The van der Waals surface area contributed by atoms with E-state index in [0.717, 1.165) is 5.75 Å². The molecule has 0 heterocycles. The van der Waals surface area contributed by atoms with Crippen molar-refractivity contribution in [1.29, 1.82) is 0 Å². The van der Waals surface area contributed by atoms with E-state index in [-0.39, 0.29) is 24.9 Å². The zero-order valence-electron chi connectivity index (χ0n) is 14.5. The number of hydrogen-bond acceptors (Lipinski definition) is 4. The normalized spacial score (nSPS) is 10.5. The molecular formula is C17H27N3O3. The zero-order chi connectivity index (χ0) is 17.2. The first-order valence-electron chi connectivity index (χ1n) is 7.99. The zero-order valence-corrected chi connectivity index (χ0v) is 14.5. The maximum atomic E-state index is 12.0. The lowest BCUT2D eigenvalue weighted by molar-refractivity contribution is -0.132. The van der Waals surface area contributed by atoms with Crippen LogP contribution in [0.25, 0.3) is 0 Å². The molecule has 23 heavy (non-hydrogen) atoms. The van der Waals surface area contributed by atoms with Crippen LogP contribution in [0.4, 0.5) is 5.69 Å². The minimum absolute atomic E-state index is 0.0337. The fraction of sp³-hybridized carbons (Fsp3) is 0.529. The number of benzene rings is 1. The maximum Gasteiger partial charge on any atom is 0.238 e. The number of amides is 2. The van der Waals surface area contributed by atoms with Gasteiger partial charge in [0, 0.05) is 18.8 Å². The van der Waals surface area contributed by atoms with E-state index in [1.54, 1.807) is 29.0 Å². The number of carbonyl (C=O) groups is 2. The molecule has 0 aromatic heterocycles. The summed E-state index contributed by atoms with van der Waals surface area (Å²) in [6.45, 7) is 8.18. The number of ether oxygens (including phenoxy) is 1. The highest BCUT2D eigenvalue weighted by Crippen LogP contribution is 2.15. The lowest BCUT2D eigenvalue weighted by Crippen LogP contribution is -2.41. The molecule has 0 atom stereocenters. The number of nitrogens with one attached hydrogen (secondary N) is 1. The quantitative estimate of drug-likeness (QED) is 0.754. The average Bonchev–Trinajstić information content (AvgIpc) is 2.50. The smallest absolute Gasteiger partial charge is 0.238 e. The predicted molar refractivity (Wildman–Crippen MR) is 91.7 cm³/mol. The van der Waals surface area contributed by atoms with Crippen molar-refractivity contribution in [1.82, 2.24) is 9.80 Å². The Morgan fingerprint density at radius 1 is 1.04 bits per heavy atom.